The van der Waals surface area contributed by atoms with Crippen molar-refractivity contribution in [2.45, 2.75) is 63.1 Å². The molecule has 1 heterocycles. The van der Waals surface area contributed by atoms with Crippen LogP contribution in [0.25, 0.3) is 0 Å². The fraction of sp³-hybridized carbons (Fsp3) is 0.542. The van der Waals surface area contributed by atoms with Crippen LogP contribution in [-0.2, 0) is 91.8 Å². The molecule has 0 radical (unpaired) electrons. The average Bonchev–Trinajstić information content (AvgIpc) is 3.48. The summed E-state index contributed by atoms with van der Waals surface area (Å²) in [4.78, 5) is 68.8. The van der Waals surface area contributed by atoms with Crippen LogP contribution in [0.5, 0.6) is 0 Å². The number of benzene rings is 1. The predicted molar refractivity (Wildman–Crippen MR) is 157 cm³/mol. The third-order valence-corrected chi connectivity index (χ3v) is 7.73. The quantitative estimate of drug-likeness (QED) is 0.0181. The first-order valence-electron chi connectivity index (χ1n) is 13.4. The highest BCUT2D eigenvalue weighted by atomic mass is 32.2. The maximum absolute atomic E-state index is 13.6. The molecule has 1 aliphatic rings. The number of alkyl carbamates (subject to hydrolysis) is 1. The van der Waals surface area contributed by atoms with Gasteiger partial charge in [0.25, 0.3) is 5.72 Å². The van der Waals surface area contributed by atoms with E-state index in [4.69, 9.17) is 33.2 Å². The molecule has 0 aromatic heterocycles. The van der Waals surface area contributed by atoms with Crippen molar-refractivity contribution in [3.05, 3.63) is 35.9 Å². The molecule has 1 aromatic rings. The summed E-state index contributed by atoms with van der Waals surface area (Å²) in [6, 6.07) is 6.80. The second kappa shape index (κ2) is 17.9. The number of aldehydes is 1. The summed E-state index contributed by atoms with van der Waals surface area (Å²) in [5, 5.41) is 2.78. The molecule has 0 aliphatic carbocycles. The molecule has 270 valence electrons. The monoisotopic (exact) mass is 747 g/mol. The number of nitrogens with two attached hydrogens (primary N) is 1. The van der Waals surface area contributed by atoms with Crippen LogP contribution >= 0.6 is 0 Å². The third kappa shape index (κ3) is 10.6. The molecule has 4 unspecified atom stereocenters. The zero-order valence-electron chi connectivity index (χ0n) is 25.4. The topological polar surface area (TPSA) is 303 Å². The number of hydrogen-bond donors (Lipinski definition) is 5. The van der Waals surface area contributed by atoms with Gasteiger partial charge in [-0.05, 0) is 29.7 Å². The van der Waals surface area contributed by atoms with Crippen molar-refractivity contribution >= 4 is 64.4 Å². The second-order valence-electron chi connectivity index (χ2n) is 10.3. The van der Waals surface area contributed by atoms with Crippen molar-refractivity contribution in [3.63, 3.8) is 0 Å². The maximum Gasteiger partial charge on any atom is 0.410 e. The molecular formula is C24H33N3O18S3. The Morgan fingerprint density at radius 2 is 1.69 bits per heavy atom. The number of amides is 1. The van der Waals surface area contributed by atoms with Gasteiger partial charge in [0, 0.05) is 12.5 Å². The molecule has 0 spiro atoms. The number of carbonyl (C=O) groups is 5. The van der Waals surface area contributed by atoms with E-state index in [2.05, 4.69) is 13.5 Å². The van der Waals surface area contributed by atoms with Gasteiger partial charge in [-0.25, -0.2) is 18.6 Å². The Kier molecular flexibility index (Phi) is 15.3. The van der Waals surface area contributed by atoms with Crippen molar-refractivity contribution in [2.24, 2.45) is 11.7 Å². The molecule has 1 aliphatic heterocycles. The van der Waals surface area contributed by atoms with Crippen LogP contribution in [0.1, 0.15) is 39.2 Å². The van der Waals surface area contributed by atoms with Crippen molar-refractivity contribution < 1.29 is 82.2 Å². The van der Waals surface area contributed by atoms with Gasteiger partial charge in [0.2, 0.25) is 5.54 Å². The number of esters is 2. The van der Waals surface area contributed by atoms with Gasteiger partial charge >= 0.3 is 58.1 Å². The van der Waals surface area contributed by atoms with E-state index in [1.807, 2.05) is 5.32 Å². The number of hydroxylamine groups is 2. The standard InChI is InChI=1S/C24H33N3O18S3/c1-15(2)24(43-46(33)34,26-21(32)39-12-16-8-5-4-6-9-16)20(31)40-14-22(3,23(25,13-28)19(30)42-45-48(37)38)41-18(29)17-10-7-11-27(17)44-47(35)36/h4-6,8-9,13,15,17H,7,10-12,14,25H2,1-3H3,(H,26,32)(H,33,34)(H,35,36)(H,37,38)/t17-,22?,23+,24+/m0/s1. The van der Waals surface area contributed by atoms with Crippen molar-refractivity contribution in [3.8, 4) is 0 Å². The fourth-order valence-electron chi connectivity index (χ4n) is 4.10. The Morgan fingerprint density at radius 1 is 1.04 bits per heavy atom. The maximum atomic E-state index is 13.6. The van der Waals surface area contributed by atoms with E-state index in [9.17, 15) is 41.2 Å². The zero-order chi connectivity index (χ0) is 36.3. The number of rotatable bonds is 18. The van der Waals surface area contributed by atoms with Gasteiger partial charge in [-0.2, -0.15) is 22.0 Å². The minimum absolute atomic E-state index is 0.0385. The summed E-state index contributed by atoms with van der Waals surface area (Å²) in [7, 11) is 0. The largest absolute Gasteiger partial charge is 0.458 e. The average molecular weight is 748 g/mol. The molecule has 2 rings (SSSR count). The Bertz CT molecular complexity index is 1400. The van der Waals surface area contributed by atoms with Crippen LogP contribution in [0.15, 0.2) is 30.3 Å². The molecule has 6 N–H and O–H groups in total. The smallest absolute Gasteiger partial charge is 0.410 e. The van der Waals surface area contributed by atoms with Gasteiger partial charge in [0.05, 0.1) is 0 Å². The Balaban J connectivity index is 2.46. The molecule has 1 aromatic carbocycles. The first kappa shape index (κ1) is 40.9. The molecular weight excluding hydrogens is 714 g/mol. The first-order valence-corrected chi connectivity index (χ1v) is 16.5. The van der Waals surface area contributed by atoms with Crippen molar-refractivity contribution in [1.82, 2.24) is 10.4 Å². The molecule has 1 fully saturated rings. The Morgan fingerprint density at radius 3 is 2.23 bits per heavy atom. The highest BCUT2D eigenvalue weighted by molar-refractivity contribution is 7.74. The highest BCUT2D eigenvalue weighted by Gasteiger charge is 2.60. The molecule has 1 saturated heterocycles. The van der Waals surface area contributed by atoms with Crippen LogP contribution in [0.4, 0.5) is 4.79 Å². The van der Waals surface area contributed by atoms with E-state index in [-0.39, 0.29) is 32.3 Å². The van der Waals surface area contributed by atoms with Gasteiger partial charge in [-0.3, -0.25) is 28.7 Å². The van der Waals surface area contributed by atoms with Crippen molar-refractivity contribution in [2.75, 3.05) is 13.2 Å². The van der Waals surface area contributed by atoms with Crippen LogP contribution in [0, 0.1) is 5.92 Å². The number of hydrogen-bond acceptors (Lipinski definition) is 17. The van der Waals surface area contributed by atoms with E-state index < -0.39 is 93.5 Å². The van der Waals surface area contributed by atoms with E-state index in [0.29, 0.717) is 5.56 Å². The van der Waals surface area contributed by atoms with Gasteiger partial charge in [0.1, 0.15) is 19.3 Å². The molecule has 0 saturated carbocycles. The minimum Gasteiger partial charge on any atom is -0.458 e. The van der Waals surface area contributed by atoms with E-state index >= 15 is 0 Å². The van der Waals surface area contributed by atoms with Crippen LogP contribution in [0.2, 0.25) is 0 Å². The third-order valence-electron chi connectivity index (χ3n) is 6.83. The lowest BCUT2D eigenvalue weighted by Crippen LogP contribution is -2.70. The highest BCUT2D eigenvalue weighted by Crippen LogP contribution is 2.31. The number of ether oxygens (including phenoxy) is 3. The lowest BCUT2D eigenvalue weighted by Gasteiger charge is -2.40. The van der Waals surface area contributed by atoms with Crippen LogP contribution in [0.3, 0.4) is 0 Å². The predicted octanol–water partition coefficient (Wildman–Crippen LogP) is -0.696. The second-order valence-corrected chi connectivity index (χ2v) is 12.1. The normalized spacial score (nSPS) is 20.5. The minimum atomic E-state index is -3.26. The summed E-state index contributed by atoms with van der Waals surface area (Å²) in [5.74, 6) is -6.14. The van der Waals surface area contributed by atoms with E-state index in [1.165, 1.54) is 13.8 Å². The van der Waals surface area contributed by atoms with Gasteiger partial charge < -0.3 is 24.7 Å². The summed E-state index contributed by atoms with van der Waals surface area (Å²) < 4.78 is 90.3. The summed E-state index contributed by atoms with van der Waals surface area (Å²) in [6.45, 7) is 1.57. The zero-order valence-corrected chi connectivity index (χ0v) is 27.8. The fourth-order valence-corrected chi connectivity index (χ4v) is 5.09. The van der Waals surface area contributed by atoms with Crippen molar-refractivity contribution in [1.29, 1.82) is 0 Å². The summed E-state index contributed by atoms with van der Waals surface area (Å²) >= 11 is -9.36. The first-order chi connectivity index (χ1) is 22.4. The molecule has 0 bridgehead atoms. The lowest BCUT2D eigenvalue weighted by atomic mass is 9.83. The lowest BCUT2D eigenvalue weighted by molar-refractivity contribution is -0.231. The van der Waals surface area contributed by atoms with Gasteiger partial charge in [0.15, 0.2) is 11.9 Å². The van der Waals surface area contributed by atoms with E-state index in [0.717, 1.165) is 12.0 Å². The summed E-state index contributed by atoms with van der Waals surface area (Å²) in [5.41, 5.74) is -2.34. The number of nitrogens with zero attached hydrogens (tertiary/aromatic N) is 1. The van der Waals surface area contributed by atoms with Crippen LogP contribution in [-0.4, -0.2) is 97.7 Å². The molecule has 24 heteroatoms. The number of nitrogens with one attached hydrogen (secondary N) is 1. The molecule has 21 nitrogen and oxygen atoms in total. The van der Waals surface area contributed by atoms with Crippen LogP contribution < -0.4 is 11.1 Å². The number of carbonyl (C=O) groups excluding carboxylic acids is 5. The van der Waals surface area contributed by atoms with Gasteiger partial charge in [-0.15, -0.1) is 0 Å². The summed E-state index contributed by atoms with van der Waals surface area (Å²) in [6.07, 6.45) is -1.46. The van der Waals surface area contributed by atoms with E-state index in [1.54, 1.807) is 30.3 Å². The molecule has 7 atom stereocenters. The Labute approximate surface area is 280 Å². The Hall–Kier alpha value is -3.30. The molecule has 1 amide bonds. The van der Waals surface area contributed by atoms with Gasteiger partial charge in [-0.1, -0.05) is 44.2 Å². The SMILES string of the molecule is CC(C)[C@@](NC(=O)OCc1ccccc1)(OS(=O)O)C(=O)OCC(C)(OC(=O)[C@@H]1CCCN1OS(=O)O)[C@@](N)(C=O)C(=O)OOS(=O)O. The molecule has 48 heavy (non-hydrogen) atoms.